The summed E-state index contributed by atoms with van der Waals surface area (Å²) >= 11 is 0. The molecule has 1 amide bonds. The fourth-order valence-corrected chi connectivity index (χ4v) is 2.25. The molecule has 2 rings (SSSR count). The number of rotatable bonds is 8. The molecule has 0 fully saturated rings. The lowest BCUT2D eigenvalue weighted by atomic mass is 10.2. The number of unbranched alkanes of at least 4 members (excludes halogenated alkanes) is 1. The van der Waals surface area contributed by atoms with Crippen molar-refractivity contribution in [1.29, 1.82) is 0 Å². The molecule has 24 heavy (non-hydrogen) atoms. The van der Waals surface area contributed by atoms with E-state index in [9.17, 15) is 4.79 Å². The Morgan fingerprint density at radius 2 is 1.71 bits per heavy atom. The van der Waals surface area contributed by atoms with Crippen LogP contribution in [0.3, 0.4) is 0 Å². The number of aromatic nitrogens is 2. The van der Waals surface area contributed by atoms with E-state index in [1.807, 2.05) is 44.2 Å². The molecule has 3 N–H and O–H groups in total. The van der Waals surface area contributed by atoms with E-state index in [1.165, 1.54) is 0 Å². The van der Waals surface area contributed by atoms with Crippen LogP contribution in [0.25, 0.3) is 0 Å². The quantitative estimate of drug-likeness (QED) is 0.680. The van der Waals surface area contributed by atoms with Crippen molar-refractivity contribution in [2.75, 3.05) is 22.5 Å². The molecule has 6 nitrogen and oxygen atoms in total. The molecule has 0 saturated carbocycles. The molecule has 0 radical (unpaired) electrons. The molecule has 0 unspecified atom stereocenters. The summed E-state index contributed by atoms with van der Waals surface area (Å²) in [5, 5.41) is 9.34. The number of nitrogens with one attached hydrogen (secondary N) is 3. The fourth-order valence-electron chi connectivity index (χ4n) is 2.25. The van der Waals surface area contributed by atoms with Crippen molar-refractivity contribution in [3.63, 3.8) is 0 Å². The van der Waals surface area contributed by atoms with Gasteiger partial charge in [-0.2, -0.15) is 0 Å². The third-order valence-corrected chi connectivity index (χ3v) is 3.39. The fraction of sp³-hybridized carbons (Fsp3) is 0.389. The van der Waals surface area contributed by atoms with E-state index in [1.54, 1.807) is 0 Å². The summed E-state index contributed by atoms with van der Waals surface area (Å²) in [6.07, 6.45) is 2.49. The van der Waals surface area contributed by atoms with Gasteiger partial charge < -0.3 is 16.0 Å². The first-order valence-corrected chi connectivity index (χ1v) is 8.37. The SMILES string of the molecule is CCCCC(=O)Nc1ccc(Nc2cc(NCC)nc(C)n2)cc1. The Labute approximate surface area is 143 Å². The normalized spacial score (nSPS) is 10.3. The van der Waals surface area contributed by atoms with Crippen molar-refractivity contribution in [3.05, 3.63) is 36.2 Å². The summed E-state index contributed by atoms with van der Waals surface area (Å²) in [5.74, 6) is 2.29. The zero-order chi connectivity index (χ0) is 17.4. The molecule has 0 atom stereocenters. The summed E-state index contributed by atoms with van der Waals surface area (Å²) in [5.41, 5.74) is 1.70. The molecule has 1 aromatic heterocycles. The highest BCUT2D eigenvalue weighted by Crippen LogP contribution is 2.19. The Morgan fingerprint density at radius 1 is 1.04 bits per heavy atom. The average Bonchev–Trinajstić information content (AvgIpc) is 2.54. The number of benzene rings is 1. The van der Waals surface area contributed by atoms with Gasteiger partial charge in [-0.25, -0.2) is 9.97 Å². The molecule has 0 saturated heterocycles. The minimum absolute atomic E-state index is 0.0549. The maximum absolute atomic E-state index is 11.7. The van der Waals surface area contributed by atoms with Gasteiger partial charge in [-0.3, -0.25) is 4.79 Å². The summed E-state index contributed by atoms with van der Waals surface area (Å²) in [6, 6.07) is 9.47. The van der Waals surface area contributed by atoms with Gasteiger partial charge in [0.25, 0.3) is 0 Å². The zero-order valence-electron chi connectivity index (χ0n) is 14.5. The Morgan fingerprint density at radius 3 is 2.38 bits per heavy atom. The van der Waals surface area contributed by atoms with Crippen LogP contribution < -0.4 is 16.0 Å². The van der Waals surface area contributed by atoms with Gasteiger partial charge in [-0.1, -0.05) is 13.3 Å². The Bertz CT molecular complexity index is 670. The van der Waals surface area contributed by atoms with E-state index in [2.05, 4.69) is 32.8 Å². The van der Waals surface area contributed by atoms with Crippen molar-refractivity contribution in [2.45, 2.75) is 40.0 Å². The van der Waals surface area contributed by atoms with Gasteiger partial charge >= 0.3 is 0 Å². The van der Waals surface area contributed by atoms with Crippen LogP contribution in [0.4, 0.5) is 23.0 Å². The number of anilines is 4. The molecule has 0 aliphatic heterocycles. The predicted octanol–water partition coefficient (Wildman–Crippen LogP) is 4.09. The highest BCUT2D eigenvalue weighted by molar-refractivity contribution is 5.90. The van der Waals surface area contributed by atoms with Gasteiger partial charge in [0, 0.05) is 30.4 Å². The number of carbonyl (C=O) groups is 1. The first-order chi connectivity index (χ1) is 11.6. The summed E-state index contributed by atoms with van der Waals surface area (Å²) in [4.78, 5) is 20.4. The van der Waals surface area contributed by atoms with Crippen LogP contribution in [0, 0.1) is 6.92 Å². The van der Waals surface area contributed by atoms with Crippen LogP contribution in [0.15, 0.2) is 30.3 Å². The molecule has 0 bridgehead atoms. The first kappa shape index (κ1) is 17.7. The maximum Gasteiger partial charge on any atom is 0.224 e. The monoisotopic (exact) mass is 327 g/mol. The molecule has 1 aromatic carbocycles. The van der Waals surface area contributed by atoms with Crippen molar-refractivity contribution in [1.82, 2.24) is 9.97 Å². The molecule has 128 valence electrons. The second-order valence-electron chi connectivity index (χ2n) is 5.57. The number of nitrogens with zero attached hydrogens (tertiary/aromatic N) is 2. The van der Waals surface area contributed by atoms with Crippen LogP contribution >= 0.6 is 0 Å². The molecular weight excluding hydrogens is 302 g/mol. The van der Waals surface area contributed by atoms with Crippen molar-refractivity contribution in [2.24, 2.45) is 0 Å². The lowest BCUT2D eigenvalue weighted by Gasteiger charge is -2.10. The topological polar surface area (TPSA) is 78.9 Å². The van der Waals surface area contributed by atoms with Gasteiger partial charge in [-0.05, 0) is 44.5 Å². The molecule has 0 aliphatic rings. The van der Waals surface area contributed by atoms with Gasteiger partial charge in [0.15, 0.2) is 0 Å². The number of amides is 1. The summed E-state index contributed by atoms with van der Waals surface area (Å²) in [6.45, 7) is 6.77. The molecule has 0 aliphatic carbocycles. The summed E-state index contributed by atoms with van der Waals surface area (Å²) < 4.78 is 0. The van der Waals surface area contributed by atoms with E-state index in [0.717, 1.165) is 42.4 Å². The Hall–Kier alpha value is -2.63. The first-order valence-electron chi connectivity index (χ1n) is 8.37. The smallest absolute Gasteiger partial charge is 0.224 e. The largest absolute Gasteiger partial charge is 0.370 e. The Kier molecular flexibility index (Phi) is 6.54. The minimum Gasteiger partial charge on any atom is -0.370 e. The molecule has 6 heteroatoms. The van der Waals surface area contributed by atoms with E-state index in [0.29, 0.717) is 12.2 Å². The van der Waals surface area contributed by atoms with Crippen LogP contribution in [-0.2, 0) is 4.79 Å². The third kappa shape index (κ3) is 5.53. The zero-order valence-corrected chi connectivity index (χ0v) is 14.5. The van der Waals surface area contributed by atoms with Crippen LogP contribution in [0.2, 0.25) is 0 Å². The van der Waals surface area contributed by atoms with E-state index in [4.69, 9.17) is 0 Å². The van der Waals surface area contributed by atoms with Crippen molar-refractivity contribution < 1.29 is 4.79 Å². The molecule has 0 spiro atoms. The highest BCUT2D eigenvalue weighted by Gasteiger charge is 2.04. The maximum atomic E-state index is 11.7. The van der Waals surface area contributed by atoms with Crippen LogP contribution in [-0.4, -0.2) is 22.4 Å². The molecule has 1 heterocycles. The number of hydrogen-bond acceptors (Lipinski definition) is 5. The van der Waals surface area contributed by atoms with Gasteiger partial charge in [0.1, 0.15) is 17.5 Å². The lowest BCUT2D eigenvalue weighted by Crippen LogP contribution is -2.10. The van der Waals surface area contributed by atoms with Gasteiger partial charge in [-0.15, -0.1) is 0 Å². The predicted molar refractivity (Wildman–Crippen MR) is 98.8 cm³/mol. The minimum atomic E-state index is 0.0549. The van der Waals surface area contributed by atoms with Crippen molar-refractivity contribution >= 4 is 28.9 Å². The van der Waals surface area contributed by atoms with E-state index >= 15 is 0 Å². The standard InChI is InChI=1S/C18H25N5O/c1-4-6-7-18(24)23-15-10-8-14(9-11-15)22-17-12-16(19-5-2)20-13(3)21-17/h8-12H,4-7H2,1-3H3,(H,23,24)(H2,19,20,21,22). The number of aryl methyl sites for hydroxylation is 1. The van der Waals surface area contributed by atoms with Gasteiger partial charge in [0.2, 0.25) is 5.91 Å². The Balaban J connectivity index is 2.00. The van der Waals surface area contributed by atoms with Gasteiger partial charge in [0.05, 0.1) is 0 Å². The lowest BCUT2D eigenvalue weighted by molar-refractivity contribution is -0.116. The van der Waals surface area contributed by atoms with Crippen LogP contribution in [0.5, 0.6) is 0 Å². The second kappa shape index (κ2) is 8.86. The summed E-state index contributed by atoms with van der Waals surface area (Å²) in [7, 11) is 0. The number of hydrogen-bond donors (Lipinski definition) is 3. The highest BCUT2D eigenvalue weighted by atomic mass is 16.1. The third-order valence-electron chi connectivity index (χ3n) is 3.39. The molecular formula is C18H25N5O. The molecule has 2 aromatic rings. The number of carbonyl (C=O) groups excluding carboxylic acids is 1. The van der Waals surface area contributed by atoms with E-state index in [-0.39, 0.29) is 5.91 Å². The second-order valence-corrected chi connectivity index (χ2v) is 5.57. The van der Waals surface area contributed by atoms with Crippen LogP contribution in [0.1, 0.15) is 38.9 Å². The van der Waals surface area contributed by atoms with Crippen molar-refractivity contribution in [3.8, 4) is 0 Å². The average molecular weight is 327 g/mol. The van der Waals surface area contributed by atoms with E-state index < -0.39 is 0 Å².